The van der Waals surface area contributed by atoms with Crippen LogP contribution in [0.1, 0.15) is 37.8 Å². The Bertz CT molecular complexity index is 638. The van der Waals surface area contributed by atoms with E-state index in [0.717, 1.165) is 29.7 Å². The van der Waals surface area contributed by atoms with Crippen molar-refractivity contribution >= 4 is 16.6 Å². The second kappa shape index (κ2) is 5.27. The molecular weight excluding hydrogens is 255 g/mol. The Kier molecular flexibility index (Phi) is 3.47. The molecule has 4 heteroatoms. The summed E-state index contributed by atoms with van der Waals surface area (Å²) in [6.07, 6.45) is 3.41. The zero-order chi connectivity index (χ0) is 14.1. The normalized spacial score (nSPS) is 14.6. The number of ether oxygens (including phenoxy) is 1. The molecular formula is C16H19FN2O. The predicted molar refractivity (Wildman–Crippen MR) is 79.0 cm³/mol. The zero-order valence-corrected chi connectivity index (χ0v) is 11.9. The van der Waals surface area contributed by atoms with Gasteiger partial charge in [-0.2, -0.15) is 0 Å². The number of hydrogen-bond acceptors (Lipinski definition) is 3. The van der Waals surface area contributed by atoms with Gasteiger partial charge in [0.05, 0.1) is 12.6 Å². The van der Waals surface area contributed by atoms with Gasteiger partial charge in [0.2, 0.25) is 0 Å². The van der Waals surface area contributed by atoms with Gasteiger partial charge >= 0.3 is 0 Å². The smallest absolute Gasteiger partial charge is 0.167 e. The van der Waals surface area contributed by atoms with Crippen LogP contribution in [0.4, 0.5) is 10.1 Å². The molecule has 0 atom stereocenters. The van der Waals surface area contributed by atoms with Gasteiger partial charge in [0, 0.05) is 35.3 Å². The molecule has 0 radical (unpaired) electrons. The van der Waals surface area contributed by atoms with Crippen molar-refractivity contribution in [3.05, 3.63) is 29.7 Å². The monoisotopic (exact) mass is 274 g/mol. The Labute approximate surface area is 118 Å². The summed E-state index contributed by atoms with van der Waals surface area (Å²) in [6, 6.07) is 5.30. The first-order valence-electron chi connectivity index (χ1n) is 7.15. The van der Waals surface area contributed by atoms with Gasteiger partial charge in [0.1, 0.15) is 0 Å². The van der Waals surface area contributed by atoms with Crippen molar-refractivity contribution in [3.63, 3.8) is 0 Å². The van der Waals surface area contributed by atoms with E-state index in [1.165, 1.54) is 26.0 Å². The van der Waals surface area contributed by atoms with Crippen LogP contribution in [0.3, 0.4) is 0 Å². The van der Waals surface area contributed by atoms with E-state index in [9.17, 15) is 4.39 Å². The molecule has 1 aliphatic rings. The summed E-state index contributed by atoms with van der Waals surface area (Å²) in [5, 5.41) is 4.33. The maximum atomic E-state index is 13.9. The molecule has 1 aromatic heterocycles. The average Bonchev–Trinajstić information content (AvgIpc) is 3.28. The lowest BCUT2D eigenvalue weighted by Gasteiger charge is -2.12. The molecule has 0 aliphatic heterocycles. The van der Waals surface area contributed by atoms with Crippen molar-refractivity contribution in [2.24, 2.45) is 0 Å². The third-order valence-electron chi connectivity index (χ3n) is 3.66. The fourth-order valence-corrected chi connectivity index (χ4v) is 2.40. The van der Waals surface area contributed by atoms with Crippen molar-refractivity contribution < 1.29 is 9.13 Å². The van der Waals surface area contributed by atoms with Crippen molar-refractivity contribution in [2.45, 2.75) is 32.1 Å². The molecule has 0 unspecified atom stereocenters. The van der Waals surface area contributed by atoms with Crippen LogP contribution in [0.5, 0.6) is 5.75 Å². The summed E-state index contributed by atoms with van der Waals surface area (Å²) in [7, 11) is 1.48. The lowest BCUT2D eigenvalue weighted by Crippen LogP contribution is -2.03. The summed E-state index contributed by atoms with van der Waals surface area (Å²) in [5.74, 6) is 0.451. The van der Waals surface area contributed by atoms with E-state index in [0.29, 0.717) is 11.4 Å². The van der Waals surface area contributed by atoms with Crippen LogP contribution in [0, 0.1) is 5.82 Å². The van der Waals surface area contributed by atoms with Crippen molar-refractivity contribution in [1.82, 2.24) is 4.98 Å². The number of hydrogen-bond donors (Lipinski definition) is 1. The second-order valence-corrected chi connectivity index (χ2v) is 5.30. The Morgan fingerprint density at radius 3 is 2.80 bits per heavy atom. The van der Waals surface area contributed by atoms with Gasteiger partial charge in [0.15, 0.2) is 11.6 Å². The minimum Gasteiger partial charge on any atom is -0.494 e. The van der Waals surface area contributed by atoms with Gasteiger partial charge in [0.25, 0.3) is 0 Å². The molecule has 1 aromatic carbocycles. The van der Waals surface area contributed by atoms with Gasteiger partial charge in [-0.1, -0.05) is 6.92 Å². The van der Waals surface area contributed by atoms with Crippen LogP contribution >= 0.6 is 0 Å². The van der Waals surface area contributed by atoms with Gasteiger partial charge in [-0.3, -0.25) is 4.98 Å². The largest absolute Gasteiger partial charge is 0.494 e. The summed E-state index contributed by atoms with van der Waals surface area (Å²) in [5.41, 5.74) is 2.80. The maximum absolute atomic E-state index is 13.9. The molecule has 1 fully saturated rings. The van der Waals surface area contributed by atoms with Crippen LogP contribution in [-0.2, 0) is 0 Å². The second-order valence-electron chi connectivity index (χ2n) is 5.30. The predicted octanol–water partition coefficient (Wildman–Crippen LogP) is 4.08. The molecule has 3 nitrogen and oxygen atoms in total. The van der Waals surface area contributed by atoms with E-state index in [-0.39, 0.29) is 11.6 Å². The first-order chi connectivity index (χ1) is 9.72. The molecule has 1 saturated carbocycles. The Hall–Kier alpha value is -1.84. The van der Waals surface area contributed by atoms with E-state index in [1.54, 1.807) is 6.07 Å². The number of anilines is 1. The van der Waals surface area contributed by atoms with Crippen molar-refractivity contribution in [2.75, 3.05) is 19.0 Å². The summed E-state index contributed by atoms with van der Waals surface area (Å²) in [4.78, 5) is 4.61. The highest BCUT2D eigenvalue weighted by Crippen LogP contribution is 2.41. The first-order valence-corrected chi connectivity index (χ1v) is 7.15. The molecule has 1 aliphatic carbocycles. The quantitative estimate of drug-likeness (QED) is 0.892. The van der Waals surface area contributed by atoms with Gasteiger partial charge in [-0.25, -0.2) is 4.39 Å². The van der Waals surface area contributed by atoms with Crippen LogP contribution in [0.25, 0.3) is 10.9 Å². The Balaban J connectivity index is 2.14. The third-order valence-corrected chi connectivity index (χ3v) is 3.66. The summed E-state index contributed by atoms with van der Waals surface area (Å²) in [6.45, 7) is 3.02. The fraction of sp³-hybridized carbons (Fsp3) is 0.438. The number of rotatable bonds is 5. The lowest BCUT2D eigenvalue weighted by molar-refractivity contribution is 0.387. The SMILES string of the molecule is CCCNc1cc(C2CC2)nc2cc(F)c(OC)cc12. The number of nitrogens with one attached hydrogen (secondary N) is 1. The number of nitrogens with zero attached hydrogens (tertiary/aromatic N) is 1. The number of halogens is 1. The molecule has 0 saturated heterocycles. The van der Waals surface area contributed by atoms with Crippen LogP contribution in [0.2, 0.25) is 0 Å². The lowest BCUT2D eigenvalue weighted by atomic mass is 10.1. The number of methoxy groups -OCH3 is 1. The zero-order valence-electron chi connectivity index (χ0n) is 11.9. The molecule has 1 N–H and O–H groups in total. The minimum atomic E-state index is -0.359. The highest BCUT2D eigenvalue weighted by atomic mass is 19.1. The molecule has 2 aromatic rings. The molecule has 20 heavy (non-hydrogen) atoms. The highest BCUT2D eigenvalue weighted by Gasteiger charge is 2.26. The van der Waals surface area contributed by atoms with Crippen molar-refractivity contribution in [3.8, 4) is 5.75 Å². The van der Waals surface area contributed by atoms with E-state index in [4.69, 9.17) is 4.74 Å². The van der Waals surface area contributed by atoms with E-state index < -0.39 is 0 Å². The van der Waals surface area contributed by atoms with Gasteiger partial charge in [-0.05, 0) is 31.4 Å². The van der Waals surface area contributed by atoms with E-state index in [2.05, 4.69) is 23.3 Å². The third kappa shape index (κ3) is 2.42. The first kappa shape index (κ1) is 13.2. The average molecular weight is 274 g/mol. The fourth-order valence-electron chi connectivity index (χ4n) is 2.40. The number of fused-ring (bicyclic) bond motifs is 1. The van der Waals surface area contributed by atoms with Gasteiger partial charge < -0.3 is 10.1 Å². The summed E-state index contributed by atoms with van der Waals surface area (Å²) >= 11 is 0. The topological polar surface area (TPSA) is 34.2 Å². The molecule has 1 heterocycles. The van der Waals surface area contributed by atoms with E-state index in [1.807, 2.05) is 0 Å². The van der Waals surface area contributed by atoms with Crippen LogP contribution < -0.4 is 10.1 Å². The Morgan fingerprint density at radius 2 is 2.15 bits per heavy atom. The van der Waals surface area contributed by atoms with Crippen LogP contribution in [0.15, 0.2) is 18.2 Å². The summed E-state index contributed by atoms with van der Waals surface area (Å²) < 4.78 is 18.9. The van der Waals surface area contributed by atoms with Crippen molar-refractivity contribution in [1.29, 1.82) is 0 Å². The minimum absolute atomic E-state index is 0.262. The molecule has 3 rings (SSSR count). The molecule has 0 amide bonds. The number of pyridine rings is 1. The van der Waals surface area contributed by atoms with E-state index >= 15 is 0 Å². The molecule has 0 spiro atoms. The maximum Gasteiger partial charge on any atom is 0.167 e. The standard InChI is InChI=1S/C16H19FN2O/c1-3-6-18-14-9-13(10-4-5-10)19-15-8-12(17)16(20-2)7-11(14)15/h7-10H,3-6H2,1-2H3,(H,18,19). The molecule has 0 bridgehead atoms. The number of aromatic nitrogens is 1. The van der Waals surface area contributed by atoms with Gasteiger partial charge in [-0.15, -0.1) is 0 Å². The Morgan fingerprint density at radius 1 is 1.35 bits per heavy atom. The molecule has 106 valence electrons. The van der Waals surface area contributed by atoms with Crippen LogP contribution in [-0.4, -0.2) is 18.6 Å². The highest BCUT2D eigenvalue weighted by molar-refractivity contribution is 5.92. The number of benzene rings is 1.